The molecule has 1 aliphatic carbocycles. The second kappa shape index (κ2) is 9.19. The highest BCUT2D eigenvalue weighted by Gasteiger charge is 2.46. The van der Waals surface area contributed by atoms with Gasteiger partial charge < -0.3 is 24.0 Å². The van der Waals surface area contributed by atoms with Gasteiger partial charge in [0.25, 0.3) is 0 Å². The van der Waals surface area contributed by atoms with Crippen molar-refractivity contribution < 1.29 is 23.8 Å². The Hall–Kier alpha value is -2.49. The van der Waals surface area contributed by atoms with E-state index in [2.05, 4.69) is 9.97 Å². The molecule has 0 radical (unpaired) electrons. The zero-order valence-electron chi connectivity index (χ0n) is 21.6. The number of amides is 2. The van der Waals surface area contributed by atoms with Gasteiger partial charge in [-0.2, -0.15) is 9.97 Å². The monoisotopic (exact) mass is 509 g/mol. The Morgan fingerprint density at radius 2 is 1.66 bits per heavy atom. The van der Waals surface area contributed by atoms with Crippen LogP contribution in [0.4, 0.5) is 21.2 Å². The van der Waals surface area contributed by atoms with E-state index in [4.69, 9.17) is 25.8 Å². The highest BCUT2D eigenvalue weighted by molar-refractivity contribution is 6.28. The number of hydrogen-bond donors (Lipinski definition) is 0. The molecule has 2 atom stereocenters. The molecular weight excluding hydrogens is 474 g/mol. The predicted molar refractivity (Wildman–Crippen MR) is 132 cm³/mol. The second-order valence-electron chi connectivity index (χ2n) is 11.5. The largest absolute Gasteiger partial charge is 0.484 e. The number of aromatic nitrogens is 2. The molecule has 1 aromatic heterocycles. The van der Waals surface area contributed by atoms with Crippen molar-refractivity contribution >= 4 is 35.4 Å². The van der Waals surface area contributed by atoms with E-state index in [1.807, 2.05) is 46.4 Å². The minimum absolute atomic E-state index is 0.0244. The first-order chi connectivity index (χ1) is 16.2. The van der Waals surface area contributed by atoms with Crippen LogP contribution in [0, 0.1) is 5.92 Å². The summed E-state index contributed by atoms with van der Waals surface area (Å²) in [4.78, 5) is 39.9. The summed E-state index contributed by atoms with van der Waals surface area (Å²) in [6.45, 7) is 12.5. The Balaban J connectivity index is 1.60. The number of carbonyl (C=O) groups excluding carboxylic acids is 2. The summed E-state index contributed by atoms with van der Waals surface area (Å²) in [5.41, 5.74) is -1.22. The smallest absolute Gasteiger partial charge is 0.416 e. The highest BCUT2D eigenvalue weighted by Crippen LogP contribution is 2.46. The Morgan fingerprint density at radius 3 is 2.26 bits per heavy atom. The highest BCUT2D eigenvalue weighted by atomic mass is 35.5. The Bertz CT molecular complexity index is 988. The SMILES string of the molecule is CN(C(=O)OC(C)(C)C)[C@@H]1CCN(c2nc(Cl)nc3c2OC[C@@H](C2CC2)N3C(=O)OC(C)(C)C)C1. The average molecular weight is 510 g/mol. The maximum Gasteiger partial charge on any atom is 0.416 e. The molecule has 2 amide bonds. The first kappa shape index (κ1) is 25.6. The van der Waals surface area contributed by atoms with Gasteiger partial charge in [0.1, 0.15) is 17.8 Å². The van der Waals surface area contributed by atoms with Gasteiger partial charge in [-0.3, -0.25) is 4.90 Å². The first-order valence-corrected chi connectivity index (χ1v) is 12.5. The number of nitrogens with zero attached hydrogens (tertiary/aromatic N) is 5. The zero-order valence-corrected chi connectivity index (χ0v) is 22.4. The van der Waals surface area contributed by atoms with Crippen LogP contribution < -0.4 is 14.5 Å². The van der Waals surface area contributed by atoms with Crippen LogP contribution in [-0.2, 0) is 9.47 Å². The molecule has 11 heteroatoms. The van der Waals surface area contributed by atoms with Crippen LogP contribution in [0.15, 0.2) is 0 Å². The van der Waals surface area contributed by atoms with Gasteiger partial charge in [-0.1, -0.05) is 0 Å². The van der Waals surface area contributed by atoms with Crippen LogP contribution in [0.1, 0.15) is 60.8 Å². The molecule has 1 saturated carbocycles. The van der Waals surface area contributed by atoms with Crippen molar-refractivity contribution in [3.63, 3.8) is 0 Å². The summed E-state index contributed by atoms with van der Waals surface area (Å²) in [6.07, 6.45) is 1.94. The third-order valence-corrected chi connectivity index (χ3v) is 6.38. The lowest BCUT2D eigenvalue weighted by Crippen LogP contribution is -2.50. The Labute approximate surface area is 211 Å². The number of rotatable bonds is 3. The van der Waals surface area contributed by atoms with Crippen LogP contribution >= 0.6 is 11.6 Å². The van der Waals surface area contributed by atoms with Crippen molar-refractivity contribution in [2.45, 2.75) is 84.1 Å². The van der Waals surface area contributed by atoms with Gasteiger partial charge in [0, 0.05) is 20.1 Å². The molecule has 0 N–H and O–H groups in total. The van der Waals surface area contributed by atoms with E-state index in [1.165, 1.54) is 0 Å². The quantitative estimate of drug-likeness (QED) is 0.550. The third kappa shape index (κ3) is 5.85. The maximum absolute atomic E-state index is 13.3. The minimum Gasteiger partial charge on any atom is -0.484 e. The summed E-state index contributed by atoms with van der Waals surface area (Å²) >= 11 is 6.36. The van der Waals surface area contributed by atoms with Gasteiger partial charge in [-0.15, -0.1) is 0 Å². The van der Waals surface area contributed by atoms with E-state index in [9.17, 15) is 9.59 Å². The Kier molecular flexibility index (Phi) is 6.72. The normalized spacial score (nSPS) is 22.4. The number of ether oxygens (including phenoxy) is 3. The first-order valence-electron chi connectivity index (χ1n) is 12.2. The van der Waals surface area contributed by atoms with Crippen LogP contribution in [0.2, 0.25) is 5.28 Å². The van der Waals surface area contributed by atoms with E-state index in [0.717, 1.165) is 19.3 Å². The number of fused-ring (bicyclic) bond motifs is 1. The molecule has 1 saturated heterocycles. The molecule has 3 heterocycles. The summed E-state index contributed by atoms with van der Waals surface area (Å²) in [5, 5.41) is 0.0244. The molecule has 0 aromatic carbocycles. The van der Waals surface area contributed by atoms with E-state index >= 15 is 0 Å². The van der Waals surface area contributed by atoms with Crippen molar-refractivity contribution in [1.29, 1.82) is 0 Å². The van der Waals surface area contributed by atoms with Crippen molar-refractivity contribution in [2.75, 3.05) is 36.5 Å². The lowest BCUT2D eigenvalue weighted by atomic mass is 10.1. The number of likely N-dealkylation sites (N-methyl/N-ethyl adjacent to an activating group) is 1. The topological polar surface area (TPSA) is 97.3 Å². The fourth-order valence-electron chi connectivity index (χ4n) is 4.40. The summed E-state index contributed by atoms with van der Waals surface area (Å²) < 4.78 is 17.4. The number of hydrogen-bond acceptors (Lipinski definition) is 8. The molecule has 194 valence electrons. The molecule has 3 aliphatic rings. The number of anilines is 2. The standard InChI is InChI=1S/C24H36ClN5O5/c1-23(2,3)34-21(31)28(7)15-10-11-29(12-15)18-17-19(27-20(25)26-18)30(22(32)35-24(4,5)6)16(13-33-17)14-8-9-14/h14-16H,8-13H2,1-7H3/t15-,16+/m1/s1. The molecule has 2 fully saturated rings. The average Bonchev–Trinajstić information content (AvgIpc) is 3.45. The summed E-state index contributed by atoms with van der Waals surface area (Å²) in [5.74, 6) is 1.61. The molecule has 0 unspecified atom stereocenters. The maximum atomic E-state index is 13.3. The van der Waals surface area contributed by atoms with Gasteiger partial charge in [-0.05, 0) is 78.3 Å². The van der Waals surface area contributed by atoms with Crippen LogP contribution in [-0.4, -0.2) is 77.1 Å². The van der Waals surface area contributed by atoms with Gasteiger partial charge in [-0.25, -0.2) is 9.59 Å². The van der Waals surface area contributed by atoms with E-state index < -0.39 is 17.3 Å². The summed E-state index contributed by atoms with van der Waals surface area (Å²) in [6, 6.07) is -0.236. The van der Waals surface area contributed by atoms with Crippen molar-refractivity contribution in [1.82, 2.24) is 14.9 Å². The molecule has 35 heavy (non-hydrogen) atoms. The Morgan fingerprint density at radius 1 is 1.03 bits per heavy atom. The summed E-state index contributed by atoms with van der Waals surface area (Å²) in [7, 11) is 1.74. The lowest BCUT2D eigenvalue weighted by molar-refractivity contribution is 0.0237. The number of carbonyl (C=O) groups is 2. The van der Waals surface area contributed by atoms with Crippen LogP contribution in [0.25, 0.3) is 0 Å². The molecule has 1 aromatic rings. The second-order valence-corrected chi connectivity index (χ2v) is 11.9. The zero-order chi connectivity index (χ0) is 25.7. The third-order valence-electron chi connectivity index (χ3n) is 6.21. The van der Waals surface area contributed by atoms with E-state index in [-0.39, 0.29) is 23.5 Å². The van der Waals surface area contributed by atoms with E-state index in [1.54, 1.807) is 16.8 Å². The molecule has 10 nitrogen and oxygen atoms in total. The number of halogens is 1. The lowest BCUT2D eigenvalue weighted by Gasteiger charge is -2.38. The molecule has 4 rings (SSSR count). The fraction of sp³-hybridized carbons (Fsp3) is 0.750. The molecular formula is C24H36ClN5O5. The van der Waals surface area contributed by atoms with E-state index in [0.29, 0.717) is 43.0 Å². The van der Waals surface area contributed by atoms with Crippen molar-refractivity contribution in [2.24, 2.45) is 5.92 Å². The van der Waals surface area contributed by atoms with Crippen molar-refractivity contribution in [3.8, 4) is 5.75 Å². The fourth-order valence-corrected chi connectivity index (χ4v) is 4.56. The van der Waals surface area contributed by atoms with Crippen molar-refractivity contribution in [3.05, 3.63) is 5.28 Å². The van der Waals surface area contributed by atoms with Gasteiger partial charge in [0.2, 0.25) is 11.0 Å². The molecule has 2 aliphatic heterocycles. The predicted octanol–water partition coefficient (Wildman–Crippen LogP) is 4.49. The minimum atomic E-state index is -0.655. The van der Waals surface area contributed by atoms with Gasteiger partial charge >= 0.3 is 12.2 Å². The van der Waals surface area contributed by atoms with Gasteiger partial charge in [0.05, 0.1) is 12.1 Å². The van der Waals surface area contributed by atoms with Gasteiger partial charge in [0.15, 0.2) is 11.6 Å². The molecule has 0 bridgehead atoms. The van der Waals surface area contributed by atoms with Crippen LogP contribution in [0.5, 0.6) is 5.75 Å². The molecule has 0 spiro atoms. The van der Waals surface area contributed by atoms with Crippen LogP contribution in [0.3, 0.4) is 0 Å².